The molecule has 0 amide bonds. The summed E-state index contributed by atoms with van der Waals surface area (Å²) in [6, 6.07) is 11.5. The van der Waals surface area contributed by atoms with Crippen LogP contribution in [0.5, 0.6) is 5.75 Å². The Morgan fingerprint density at radius 2 is 1.74 bits per heavy atom. The Labute approximate surface area is 123 Å². The molecule has 0 heterocycles. The molecular weight excluding hydrogens is 281 g/mol. The fourth-order valence-electron chi connectivity index (χ4n) is 1.96. The van der Waals surface area contributed by atoms with Gasteiger partial charge in [-0.25, -0.2) is 0 Å². The van der Waals surface area contributed by atoms with E-state index in [0.29, 0.717) is 23.0 Å². The molecule has 19 heavy (non-hydrogen) atoms. The second-order valence-corrected chi connectivity index (χ2v) is 4.94. The number of rotatable bonds is 4. The highest BCUT2D eigenvalue weighted by atomic mass is 35.5. The molecular formula is C15H15Cl2NO. The van der Waals surface area contributed by atoms with Gasteiger partial charge in [0.05, 0.1) is 12.1 Å². The average Bonchev–Trinajstić information content (AvgIpc) is 2.44. The lowest BCUT2D eigenvalue weighted by Gasteiger charge is -2.11. The zero-order valence-electron chi connectivity index (χ0n) is 10.6. The van der Waals surface area contributed by atoms with Crippen molar-refractivity contribution in [1.29, 1.82) is 0 Å². The standard InChI is InChI=1S/C15H15Cl2NO/c1-19-11-4-2-10(3-5-11)12-6-7-14(16)13(8-9-18)15(12)17/h2-7H,8-9,18H2,1H3. The summed E-state index contributed by atoms with van der Waals surface area (Å²) in [7, 11) is 1.64. The molecule has 0 atom stereocenters. The summed E-state index contributed by atoms with van der Waals surface area (Å²) in [6.07, 6.45) is 0.668. The number of halogens is 2. The van der Waals surface area contributed by atoms with Crippen LogP contribution in [0.4, 0.5) is 0 Å². The lowest BCUT2D eigenvalue weighted by Crippen LogP contribution is -2.04. The molecule has 0 unspecified atom stereocenters. The third-order valence-corrected chi connectivity index (χ3v) is 3.77. The van der Waals surface area contributed by atoms with Crippen molar-refractivity contribution < 1.29 is 4.74 Å². The maximum absolute atomic E-state index is 6.43. The molecule has 0 aliphatic rings. The van der Waals surface area contributed by atoms with Crippen LogP contribution in [0.3, 0.4) is 0 Å². The van der Waals surface area contributed by atoms with Gasteiger partial charge in [0.15, 0.2) is 0 Å². The third kappa shape index (κ3) is 3.03. The Balaban J connectivity index is 2.46. The molecule has 0 aliphatic heterocycles. The lowest BCUT2D eigenvalue weighted by molar-refractivity contribution is 0.415. The largest absolute Gasteiger partial charge is 0.497 e. The van der Waals surface area contributed by atoms with Crippen molar-refractivity contribution >= 4 is 23.2 Å². The normalized spacial score (nSPS) is 10.5. The van der Waals surface area contributed by atoms with E-state index >= 15 is 0 Å². The van der Waals surface area contributed by atoms with Gasteiger partial charge in [-0.3, -0.25) is 0 Å². The fourth-order valence-corrected chi connectivity index (χ4v) is 2.63. The highest BCUT2D eigenvalue weighted by molar-refractivity contribution is 6.37. The summed E-state index contributed by atoms with van der Waals surface area (Å²) in [4.78, 5) is 0. The monoisotopic (exact) mass is 295 g/mol. The van der Waals surface area contributed by atoms with Crippen molar-refractivity contribution in [1.82, 2.24) is 0 Å². The summed E-state index contributed by atoms with van der Waals surface area (Å²) >= 11 is 12.6. The van der Waals surface area contributed by atoms with Gasteiger partial charge in [-0.05, 0) is 42.3 Å². The summed E-state index contributed by atoms with van der Waals surface area (Å²) < 4.78 is 5.15. The first-order valence-electron chi connectivity index (χ1n) is 5.98. The van der Waals surface area contributed by atoms with Crippen molar-refractivity contribution in [3.8, 4) is 16.9 Å². The van der Waals surface area contributed by atoms with Crippen LogP contribution in [0.1, 0.15) is 5.56 Å². The first-order valence-corrected chi connectivity index (χ1v) is 6.74. The minimum absolute atomic E-state index is 0.519. The van der Waals surface area contributed by atoms with Crippen LogP contribution in [0, 0.1) is 0 Å². The highest BCUT2D eigenvalue weighted by Gasteiger charge is 2.11. The van der Waals surface area contributed by atoms with Gasteiger partial charge >= 0.3 is 0 Å². The second kappa shape index (κ2) is 6.29. The number of methoxy groups -OCH3 is 1. The zero-order chi connectivity index (χ0) is 13.8. The van der Waals surface area contributed by atoms with E-state index in [0.717, 1.165) is 22.4 Å². The van der Waals surface area contributed by atoms with E-state index < -0.39 is 0 Å². The van der Waals surface area contributed by atoms with Gasteiger partial charge in [0.25, 0.3) is 0 Å². The van der Waals surface area contributed by atoms with Crippen molar-refractivity contribution in [3.05, 3.63) is 52.0 Å². The summed E-state index contributed by atoms with van der Waals surface area (Å²) in [5.74, 6) is 0.816. The van der Waals surface area contributed by atoms with Crippen molar-refractivity contribution in [2.75, 3.05) is 13.7 Å². The predicted octanol–water partition coefficient (Wildman–Crippen LogP) is 4.17. The van der Waals surface area contributed by atoms with Gasteiger partial charge in [-0.1, -0.05) is 41.4 Å². The Bertz CT molecular complexity index is 567. The Morgan fingerprint density at radius 1 is 1.05 bits per heavy atom. The van der Waals surface area contributed by atoms with E-state index in [1.54, 1.807) is 7.11 Å². The molecule has 0 aromatic heterocycles. The van der Waals surface area contributed by atoms with E-state index in [-0.39, 0.29) is 0 Å². The summed E-state index contributed by atoms with van der Waals surface area (Å²) in [6.45, 7) is 0.519. The van der Waals surface area contributed by atoms with Gasteiger partial charge in [-0.15, -0.1) is 0 Å². The van der Waals surface area contributed by atoms with Crippen LogP contribution in [0.15, 0.2) is 36.4 Å². The van der Waals surface area contributed by atoms with E-state index in [2.05, 4.69) is 0 Å². The molecule has 0 bridgehead atoms. The Kier molecular flexibility index (Phi) is 4.70. The van der Waals surface area contributed by atoms with Crippen LogP contribution < -0.4 is 10.5 Å². The molecule has 2 N–H and O–H groups in total. The lowest BCUT2D eigenvalue weighted by atomic mass is 10.0. The van der Waals surface area contributed by atoms with Crippen LogP contribution in [-0.2, 0) is 6.42 Å². The van der Waals surface area contributed by atoms with Gasteiger partial charge in [0.2, 0.25) is 0 Å². The molecule has 0 saturated carbocycles. The molecule has 4 heteroatoms. The van der Waals surface area contributed by atoms with Gasteiger partial charge in [0, 0.05) is 10.6 Å². The Hall–Kier alpha value is -1.22. The first kappa shape index (κ1) is 14.2. The predicted molar refractivity (Wildman–Crippen MR) is 81.2 cm³/mol. The minimum Gasteiger partial charge on any atom is -0.497 e. The van der Waals surface area contributed by atoms with E-state index in [9.17, 15) is 0 Å². The molecule has 0 fully saturated rings. The summed E-state index contributed by atoms with van der Waals surface area (Å²) in [5, 5.41) is 1.33. The second-order valence-electron chi connectivity index (χ2n) is 4.15. The molecule has 100 valence electrons. The molecule has 2 nitrogen and oxygen atoms in total. The van der Waals surface area contributed by atoms with Crippen molar-refractivity contribution in [3.63, 3.8) is 0 Å². The van der Waals surface area contributed by atoms with Crippen LogP contribution in [-0.4, -0.2) is 13.7 Å². The van der Waals surface area contributed by atoms with E-state index in [4.69, 9.17) is 33.7 Å². The smallest absolute Gasteiger partial charge is 0.118 e. The molecule has 0 saturated heterocycles. The van der Waals surface area contributed by atoms with E-state index in [1.165, 1.54) is 0 Å². The molecule has 2 aromatic carbocycles. The van der Waals surface area contributed by atoms with Gasteiger partial charge < -0.3 is 10.5 Å². The highest BCUT2D eigenvalue weighted by Crippen LogP contribution is 2.35. The van der Waals surface area contributed by atoms with Gasteiger partial charge in [-0.2, -0.15) is 0 Å². The van der Waals surface area contributed by atoms with Crippen molar-refractivity contribution in [2.24, 2.45) is 5.73 Å². The SMILES string of the molecule is COc1ccc(-c2ccc(Cl)c(CCN)c2Cl)cc1. The fraction of sp³-hybridized carbons (Fsp3) is 0.200. The maximum atomic E-state index is 6.43. The molecule has 0 spiro atoms. The third-order valence-electron chi connectivity index (χ3n) is 2.98. The van der Waals surface area contributed by atoms with Crippen LogP contribution >= 0.6 is 23.2 Å². The van der Waals surface area contributed by atoms with E-state index in [1.807, 2.05) is 36.4 Å². The zero-order valence-corrected chi connectivity index (χ0v) is 12.1. The van der Waals surface area contributed by atoms with Crippen LogP contribution in [0.25, 0.3) is 11.1 Å². The molecule has 0 aliphatic carbocycles. The molecule has 0 radical (unpaired) electrons. The topological polar surface area (TPSA) is 35.2 Å². The number of nitrogens with two attached hydrogens (primary N) is 1. The van der Waals surface area contributed by atoms with Crippen molar-refractivity contribution in [2.45, 2.75) is 6.42 Å². The number of hydrogen-bond donors (Lipinski definition) is 1. The molecule has 2 aromatic rings. The summed E-state index contributed by atoms with van der Waals surface area (Å²) in [5.41, 5.74) is 8.48. The first-order chi connectivity index (χ1) is 9.17. The van der Waals surface area contributed by atoms with Crippen LogP contribution in [0.2, 0.25) is 10.0 Å². The molecule has 2 rings (SSSR count). The number of hydrogen-bond acceptors (Lipinski definition) is 2. The number of benzene rings is 2. The average molecular weight is 296 g/mol. The Morgan fingerprint density at radius 3 is 2.32 bits per heavy atom. The minimum atomic E-state index is 0.519. The number of ether oxygens (including phenoxy) is 1. The van der Waals surface area contributed by atoms with Gasteiger partial charge in [0.1, 0.15) is 5.75 Å². The quantitative estimate of drug-likeness (QED) is 0.919. The maximum Gasteiger partial charge on any atom is 0.118 e.